The number of aliphatic carboxylic acids is 1. The molecule has 0 radical (unpaired) electrons. The molecule has 0 saturated carbocycles. The maximum absolute atomic E-state index is 15.2. The number of carboxylic acids is 1. The molecule has 0 aliphatic carbocycles. The molecule has 10 atom stereocenters. The summed E-state index contributed by atoms with van der Waals surface area (Å²) < 4.78 is 23.3. The van der Waals surface area contributed by atoms with E-state index in [2.05, 4.69) is 74.4 Å². The highest BCUT2D eigenvalue weighted by molar-refractivity contribution is 7.80. The number of aromatic hydroxyl groups is 2. The number of aliphatic hydroxyl groups is 1. The number of amides is 13. The van der Waals surface area contributed by atoms with Gasteiger partial charge in [0, 0.05) is 54.0 Å². The van der Waals surface area contributed by atoms with E-state index in [9.17, 15) is 92.9 Å². The first kappa shape index (κ1) is 107. The maximum atomic E-state index is 15.2. The second-order valence-corrected chi connectivity index (χ2v) is 34.7. The number of hydrazine groups is 1. The smallest absolute Gasteiger partial charge is 0.340 e. The Labute approximate surface area is 763 Å². The lowest BCUT2D eigenvalue weighted by atomic mass is 9.77. The molecule has 3 aromatic carbocycles. The molecule has 45 heteroatoms. The van der Waals surface area contributed by atoms with E-state index >= 15 is 9.59 Å². The van der Waals surface area contributed by atoms with Crippen molar-refractivity contribution in [1.82, 2.24) is 74.5 Å². The summed E-state index contributed by atoms with van der Waals surface area (Å²) >= 11 is 5.51. The highest BCUT2D eigenvalue weighted by Crippen LogP contribution is 2.57. The Kier molecular flexibility index (Phi) is 42.2. The zero-order chi connectivity index (χ0) is 97.0. The SMILES string of the molecule is CC(C)C[C@H](NC(=O)[C@H](CC(=O)O)NC(=O)[C@H](CC(C)C)NC(=O)[C@]1(C)CCCCCCCCCCCC[C@](C)(NC(=O)CNC(=O)[C@H](CCC(N)=O)NC(=O)COCCOCCNC(=S)Nc2ccc3c(c2)C(=O)OC32c3ccc(O)cc3Oc3cc(O)ccc32)C(=O)N[C@@H](CC(C)C)C(=O)N[C@@H](CCCNC(=N)N[N+](=O)[O-])C(=O)N1)C(=O)N[C@@H](C)C(=O)N[C@@H](CO)C(N)=O. The molecule has 1 spiro atoms. The van der Waals surface area contributed by atoms with E-state index in [4.69, 9.17) is 48.0 Å². The topological polar surface area (TPSA) is 673 Å². The first-order valence-corrected chi connectivity index (χ1v) is 44.2. The molecular formula is C86H127N19O25S. The number of nitrogens with zero attached hydrogens (tertiary/aromatic N) is 1. The predicted molar refractivity (Wildman–Crippen MR) is 477 cm³/mol. The second kappa shape index (κ2) is 51.7. The standard InChI is InChI=1S/C86H127N19O25S/c1-47(2)37-60(74(117)93-50(7)72(115)99-64(45-106)71(88)114)97-77(120)63(43-70(112)113)98-76(119)62(39-49(5)6)101-81(124)85(9)31-19-17-15-13-11-10-12-14-16-18-30-84(8,80(123)100-61(38-48(3)4)75(118)96-58(78(121)103-85)21-20-32-90-82(89)104-105(125)126)102-68(110)44-92-73(116)59(28-29-67(87)109)95-69(111)46-128-36-35-127-34-33-91-83(131)94-51-22-25-55-54(40-51)79(122)130-86(55)56-26-23-52(107)41-65(56)129-66-42-53(108)24-27-57(66)86/h22-27,40-42,47-50,58-64,106-108H,10-21,28-39,43-46H2,1-9H3,(H2,87,109)(H2,88,114)(H,92,116)(H,93,117)(H,95,111)(H,96,118)(H,97,120)(H,98,119)(H,99,115)(H,100,123)(H,101,124)(H,102,110)(H,103,121)(H,112,113)(H3,89,90,104)(H2,91,94,131)/t50-,58-,59-,60-,61-,62-,63-,64-,84-,85-/m0/s1. The highest BCUT2D eigenvalue weighted by Gasteiger charge is 2.54. The fourth-order valence-electron chi connectivity index (χ4n) is 15.0. The number of thiocarbonyl (C=S) groups is 1. The van der Waals surface area contributed by atoms with Crippen molar-refractivity contribution in [3.8, 4) is 23.0 Å². The van der Waals surface area contributed by atoms with Gasteiger partial charge in [-0.15, -0.1) is 0 Å². The number of nitrogens with one attached hydrogen (secondary N) is 16. The number of phenols is 2. The number of guanidine groups is 1. The Bertz CT molecular complexity index is 4540. The van der Waals surface area contributed by atoms with Crippen molar-refractivity contribution in [3.05, 3.63) is 87.0 Å². The van der Waals surface area contributed by atoms with Crippen LogP contribution in [0.1, 0.15) is 218 Å². The summed E-state index contributed by atoms with van der Waals surface area (Å²) in [6.45, 7) is 12.2. The van der Waals surface area contributed by atoms with Crippen LogP contribution in [0.15, 0.2) is 54.6 Å². The fourth-order valence-corrected chi connectivity index (χ4v) is 15.2. The second-order valence-electron chi connectivity index (χ2n) is 34.3. The first-order valence-electron chi connectivity index (χ1n) is 43.8. The number of carbonyl (C=O) groups excluding carboxylic acids is 14. The summed E-state index contributed by atoms with van der Waals surface area (Å²) in [5.41, 5.74) is 9.20. The van der Waals surface area contributed by atoms with Crippen molar-refractivity contribution in [1.29, 1.82) is 5.41 Å². The largest absolute Gasteiger partial charge is 0.508 e. The minimum atomic E-state index is -1.94. The molecule has 3 aliphatic rings. The number of nitro groups is 1. The third-order valence-electron chi connectivity index (χ3n) is 21.8. The van der Waals surface area contributed by atoms with Gasteiger partial charge in [-0.2, -0.15) is 0 Å². The molecule has 3 aliphatic heterocycles. The predicted octanol–water partition coefficient (Wildman–Crippen LogP) is 0.886. The minimum absolute atomic E-state index is 0.000812. The summed E-state index contributed by atoms with van der Waals surface area (Å²) in [6.07, 6.45) is 3.99. The summed E-state index contributed by atoms with van der Waals surface area (Å²) in [5.74, 6) is -15.9. The van der Waals surface area contributed by atoms with Crippen molar-refractivity contribution < 1.29 is 116 Å². The molecule has 131 heavy (non-hydrogen) atoms. The molecule has 1 fully saturated rings. The normalized spacial score (nSPS) is 19.0. The number of carboxylic acid groups (broad SMARTS) is 1. The molecule has 13 amide bonds. The summed E-state index contributed by atoms with van der Waals surface area (Å²) in [4.78, 5) is 218. The van der Waals surface area contributed by atoms with Crippen LogP contribution in [0.5, 0.6) is 23.0 Å². The minimum Gasteiger partial charge on any atom is -0.508 e. The Morgan fingerprint density at radius 2 is 1.19 bits per heavy atom. The molecule has 3 aromatic rings. The monoisotopic (exact) mass is 1860 g/mol. The van der Waals surface area contributed by atoms with Gasteiger partial charge in [0.25, 0.3) is 5.96 Å². The van der Waals surface area contributed by atoms with Crippen molar-refractivity contribution in [3.63, 3.8) is 0 Å². The average molecular weight is 1860 g/mol. The Hall–Kier alpha value is -12.6. The van der Waals surface area contributed by atoms with Gasteiger partial charge < -0.3 is 125 Å². The van der Waals surface area contributed by atoms with Crippen molar-refractivity contribution in [2.75, 3.05) is 58.0 Å². The van der Waals surface area contributed by atoms with Crippen LogP contribution in [-0.4, -0.2) is 237 Å². The summed E-state index contributed by atoms with van der Waals surface area (Å²) in [7, 11) is 0. The quantitative estimate of drug-likeness (QED) is 0.00712. The van der Waals surface area contributed by atoms with Gasteiger partial charge in [0.05, 0.1) is 45.0 Å². The van der Waals surface area contributed by atoms with E-state index in [-0.39, 0.29) is 142 Å². The van der Waals surface area contributed by atoms with E-state index in [0.29, 0.717) is 54.5 Å². The molecule has 0 bridgehead atoms. The number of hydrogen-bond donors (Lipinski definition) is 22. The zero-order valence-electron chi connectivity index (χ0n) is 75.2. The van der Waals surface area contributed by atoms with Gasteiger partial charge in [0.1, 0.15) is 89.0 Å². The van der Waals surface area contributed by atoms with Crippen LogP contribution in [0, 0.1) is 33.3 Å². The third-order valence-corrected chi connectivity index (χ3v) is 22.0. The Morgan fingerprint density at radius 1 is 0.626 bits per heavy atom. The molecule has 0 aromatic heterocycles. The van der Waals surface area contributed by atoms with E-state index < -0.39 is 191 Å². The molecule has 44 nitrogen and oxygen atoms in total. The van der Waals surface area contributed by atoms with Gasteiger partial charge >= 0.3 is 11.9 Å². The number of benzene rings is 3. The zero-order valence-corrected chi connectivity index (χ0v) is 76.0. The van der Waals surface area contributed by atoms with E-state index in [1.165, 1.54) is 45.0 Å². The molecule has 3 heterocycles. The molecule has 1 saturated heterocycles. The number of primary amides is 2. The van der Waals surface area contributed by atoms with Crippen LogP contribution in [0.2, 0.25) is 0 Å². The number of phenolic OH excluding ortho intramolecular Hbond substituents is 2. The average Bonchev–Trinajstić information content (AvgIpc) is 1.56. The van der Waals surface area contributed by atoms with Gasteiger partial charge in [-0.05, 0) is 139 Å². The Balaban J connectivity index is 1.11. The van der Waals surface area contributed by atoms with Crippen molar-refractivity contribution >= 4 is 118 Å². The number of fused-ring (bicyclic) bond motifs is 6. The first-order chi connectivity index (χ1) is 61.9. The van der Waals surface area contributed by atoms with Gasteiger partial charge in [0.15, 0.2) is 15.7 Å². The van der Waals surface area contributed by atoms with Crippen molar-refractivity contribution in [2.24, 2.45) is 29.2 Å². The molecule has 24 N–H and O–H groups in total. The van der Waals surface area contributed by atoms with Crippen LogP contribution < -0.4 is 96.1 Å². The molecule has 722 valence electrons. The number of nitrogens with two attached hydrogens (primary N) is 2. The van der Waals surface area contributed by atoms with Gasteiger partial charge in [-0.25, -0.2) is 14.9 Å². The van der Waals surface area contributed by atoms with E-state index in [1.54, 1.807) is 77.3 Å². The molecule has 6 rings (SSSR count). The van der Waals surface area contributed by atoms with Crippen molar-refractivity contribution in [2.45, 2.75) is 256 Å². The van der Waals surface area contributed by atoms with Crippen LogP contribution in [0.4, 0.5) is 5.69 Å². The number of hydrogen-bond acceptors (Lipinski definition) is 26. The number of aliphatic hydroxyl groups excluding tert-OH is 1. The van der Waals surface area contributed by atoms with Crippen LogP contribution in [0.3, 0.4) is 0 Å². The number of rotatable bonds is 42. The van der Waals surface area contributed by atoms with Gasteiger partial charge in [0.2, 0.25) is 76.8 Å². The lowest BCUT2D eigenvalue weighted by Gasteiger charge is -2.36. The van der Waals surface area contributed by atoms with E-state index in [0.717, 1.165) is 32.1 Å². The van der Waals surface area contributed by atoms with E-state index in [1.807, 2.05) is 0 Å². The fraction of sp³-hybridized carbons (Fsp3) is 0.593. The summed E-state index contributed by atoms with van der Waals surface area (Å²) in [6, 6.07) is 1.64. The molecular weight excluding hydrogens is 1730 g/mol. The highest BCUT2D eigenvalue weighted by atomic mass is 32.1. The number of esters is 1. The number of carbonyl (C=O) groups is 15. The lowest BCUT2D eigenvalue weighted by molar-refractivity contribution is -0.525. The summed E-state index contributed by atoms with van der Waals surface area (Å²) in [5, 5.41) is 95.1. The number of anilines is 1. The van der Waals surface area contributed by atoms with Crippen LogP contribution in [0.25, 0.3) is 0 Å². The Morgan fingerprint density at radius 3 is 1.77 bits per heavy atom. The number of ether oxygens (including phenoxy) is 4. The molecule has 0 unspecified atom stereocenters. The third kappa shape index (κ3) is 34.0. The lowest BCUT2D eigenvalue weighted by Crippen LogP contribution is -2.65. The van der Waals surface area contributed by atoms with Crippen LogP contribution >= 0.6 is 12.2 Å². The van der Waals surface area contributed by atoms with Gasteiger partial charge in [-0.1, -0.05) is 117 Å². The maximum Gasteiger partial charge on any atom is 0.340 e. The van der Waals surface area contributed by atoms with Crippen LogP contribution in [-0.2, 0) is 86.9 Å². The van der Waals surface area contributed by atoms with Gasteiger partial charge in [-0.3, -0.25) is 72.5 Å².